The van der Waals surface area contributed by atoms with E-state index in [1.165, 1.54) is 7.11 Å². The lowest BCUT2D eigenvalue weighted by atomic mass is 10.2. The summed E-state index contributed by atoms with van der Waals surface area (Å²) in [6.45, 7) is 1.92. The van der Waals surface area contributed by atoms with Gasteiger partial charge < -0.3 is 10.5 Å². The molecule has 0 bridgehead atoms. The van der Waals surface area contributed by atoms with Gasteiger partial charge >= 0.3 is 5.97 Å². The monoisotopic (exact) mass is 285 g/mol. The highest BCUT2D eigenvalue weighted by Gasteiger charge is 2.06. The number of hydrogen-bond acceptors (Lipinski definition) is 4. The van der Waals surface area contributed by atoms with E-state index in [-0.39, 0.29) is 5.97 Å². The number of thioether (sulfide) groups is 1. The van der Waals surface area contributed by atoms with E-state index in [9.17, 15) is 4.79 Å². The fourth-order valence-electron chi connectivity index (χ4n) is 1.37. The highest BCUT2D eigenvalue weighted by molar-refractivity contribution is 7.99. The van der Waals surface area contributed by atoms with Crippen LogP contribution in [0.5, 0.6) is 0 Å². The summed E-state index contributed by atoms with van der Waals surface area (Å²) in [6, 6.07) is 5.40. The van der Waals surface area contributed by atoms with Crippen LogP contribution in [0.4, 0.5) is 5.69 Å². The van der Waals surface area contributed by atoms with Gasteiger partial charge in [-0.15, -0.1) is 11.8 Å². The normalized spacial score (nSPS) is 11.4. The Balaban J connectivity index is 2.65. The quantitative estimate of drug-likeness (QED) is 0.389. The van der Waals surface area contributed by atoms with Gasteiger partial charge in [-0.1, -0.05) is 24.6 Å². The smallest absolute Gasteiger partial charge is 0.333 e. The van der Waals surface area contributed by atoms with E-state index < -0.39 is 0 Å². The summed E-state index contributed by atoms with van der Waals surface area (Å²) in [6.07, 6.45) is 2.52. The lowest BCUT2D eigenvalue weighted by molar-refractivity contribution is -0.136. The number of benzene rings is 1. The maximum absolute atomic E-state index is 11.4. The van der Waals surface area contributed by atoms with Crippen molar-refractivity contribution in [3.05, 3.63) is 34.9 Å². The number of methoxy groups -OCH3 is 1. The summed E-state index contributed by atoms with van der Waals surface area (Å²) in [5.41, 5.74) is 6.94. The SMILES string of the molecule is CCC(=CCSc1ccc(N)cc1Cl)C(=O)OC. The van der Waals surface area contributed by atoms with Crippen LogP contribution in [0.3, 0.4) is 0 Å². The third kappa shape index (κ3) is 4.27. The summed E-state index contributed by atoms with van der Waals surface area (Å²) in [5, 5.41) is 0.629. The molecule has 0 atom stereocenters. The number of rotatable bonds is 5. The Morgan fingerprint density at radius 1 is 1.56 bits per heavy atom. The van der Waals surface area contributed by atoms with Crippen molar-refractivity contribution in [1.29, 1.82) is 0 Å². The van der Waals surface area contributed by atoms with Crippen molar-refractivity contribution in [2.45, 2.75) is 18.2 Å². The molecule has 0 fully saturated rings. The fraction of sp³-hybridized carbons (Fsp3) is 0.308. The van der Waals surface area contributed by atoms with Gasteiger partial charge in [-0.2, -0.15) is 0 Å². The van der Waals surface area contributed by atoms with E-state index in [0.717, 1.165) is 4.90 Å². The zero-order valence-electron chi connectivity index (χ0n) is 10.4. The maximum atomic E-state index is 11.4. The molecule has 0 aliphatic rings. The van der Waals surface area contributed by atoms with Gasteiger partial charge in [0.15, 0.2) is 0 Å². The van der Waals surface area contributed by atoms with Gasteiger partial charge in [0.2, 0.25) is 0 Å². The Kier molecular flexibility index (Phi) is 6.09. The van der Waals surface area contributed by atoms with Gasteiger partial charge in [-0.05, 0) is 24.6 Å². The molecule has 0 aromatic heterocycles. The van der Waals surface area contributed by atoms with Crippen LogP contribution in [-0.4, -0.2) is 18.8 Å². The molecule has 0 aliphatic carbocycles. The van der Waals surface area contributed by atoms with Crippen molar-refractivity contribution in [1.82, 2.24) is 0 Å². The van der Waals surface area contributed by atoms with Crippen LogP contribution in [-0.2, 0) is 9.53 Å². The van der Waals surface area contributed by atoms with Crippen LogP contribution in [0.1, 0.15) is 13.3 Å². The molecule has 0 amide bonds. The zero-order valence-corrected chi connectivity index (χ0v) is 12.0. The molecule has 1 rings (SSSR count). The van der Waals surface area contributed by atoms with Crippen LogP contribution in [0, 0.1) is 0 Å². The second kappa shape index (κ2) is 7.34. The average molecular weight is 286 g/mol. The highest BCUT2D eigenvalue weighted by atomic mass is 35.5. The molecular formula is C13H16ClNO2S. The fourth-order valence-corrected chi connectivity index (χ4v) is 2.55. The van der Waals surface area contributed by atoms with Crippen LogP contribution in [0.15, 0.2) is 34.7 Å². The molecule has 1 aromatic rings. The zero-order chi connectivity index (χ0) is 13.5. The van der Waals surface area contributed by atoms with Crippen molar-refractivity contribution >= 4 is 35.0 Å². The van der Waals surface area contributed by atoms with Crippen LogP contribution >= 0.6 is 23.4 Å². The first-order chi connectivity index (χ1) is 8.58. The first-order valence-corrected chi connectivity index (χ1v) is 6.90. The second-order valence-corrected chi connectivity index (χ2v) is 5.04. The van der Waals surface area contributed by atoms with Gasteiger partial charge in [0.25, 0.3) is 0 Å². The number of nitrogens with two attached hydrogens (primary N) is 1. The summed E-state index contributed by atoms with van der Waals surface area (Å²) in [7, 11) is 1.38. The van der Waals surface area contributed by atoms with E-state index in [1.54, 1.807) is 23.9 Å². The standard InChI is InChI=1S/C13H16ClNO2S/c1-3-9(13(16)17-2)6-7-18-12-5-4-10(15)8-11(12)14/h4-6,8H,3,7,15H2,1-2H3. The Morgan fingerprint density at radius 3 is 2.83 bits per heavy atom. The molecule has 3 nitrogen and oxygen atoms in total. The number of carbonyl (C=O) groups is 1. The molecule has 18 heavy (non-hydrogen) atoms. The highest BCUT2D eigenvalue weighted by Crippen LogP contribution is 2.29. The largest absolute Gasteiger partial charge is 0.466 e. The van der Waals surface area contributed by atoms with Crippen molar-refractivity contribution in [3.8, 4) is 0 Å². The molecule has 1 aromatic carbocycles. The molecule has 5 heteroatoms. The van der Waals surface area contributed by atoms with Crippen molar-refractivity contribution in [2.75, 3.05) is 18.6 Å². The number of halogens is 1. The van der Waals surface area contributed by atoms with Crippen molar-refractivity contribution in [3.63, 3.8) is 0 Å². The number of ether oxygens (including phenoxy) is 1. The van der Waals surface area contributed by atoms with Gasteiger partial charge in [-0.25, -0.2) is 4.79 Å². The molecule has 2 N–H and O–H groups in total. The van der Waals surface area contributed by atoms with E-state index in [4.69, 9.17) is 17.3 Å². The van der Waals surface area contributed by atoms with Crippen molar-refractivity contribution < 1.29 is 9.53 Å². The maximum Gasteiger partial charge on any atom is 0.333 e. The molecular weight excluding hydrogens is 270 g/mol. The number of nitrogen functional groups attached to an aromatic ring is 1. The molecule has 0 aliphatic heterocycles. The third-order valence-electron chi connectivity index (χ3n) is 2.35. The van der Waals surface area contributed by atoms with E-state index in [2.05, 4.69) is 4.74 Å². The Hall–Kier alpha value is -1.13. The van der Waals surface area contributed by atoms with Crippen LogP contribution in [0.2, 0.25) is 5.02 Å². The minimum Gasteiger partial charge on any atom is -0.466 e. The van der Waals surface area contributed by atoms with Crippen LogP contribution < -0.4 is 5.73 Å². The molecule has 0 saturated heterocycles. The molecule has 0 radical (unpaired) electrons. The number of esters is 1. The van der Waals surface area contributed by atoms with E-state index in [1.807, 2.05) is 19.1 Å². The van der Waals surface area contributed by atoms with Gasteiger partial charge in [0.05, 0.1) is 12.1 Å². The van der Waals surface area contributed by atoms with Gasteiger partial charge in [-0.3, -0.25) is 0 Å². The lowest BCUT2D eigenvalue weighted by Crippen LogP contribution is -2.04. The minimum atomic E-state index is -0.276. The Labute approximate surface area is 116 Å². The predicted octanol–water partition coefficient (Wildman–Crippen LogP) is 3.52. The molecule has 0 heterocycles. The van der Waals surface area contributed by atoms with E-state index >= 15 is 0 Å². The number of anilines is 1. The summed E-state index contributed by atoms with van der Waals surface area (Å²) < 4.78 is 4.69. The summed E-state index contributed by atoms with van der Waals surface area (Å²) in [5.74, 6) is 0.392. The Morgan fingerprint density at radius 2 is 2.28 bits per heavy atom. The topological polar surface area (TPSA) is 52.3 Å². The molecule has 0 spiro atoms. The first-order valence-electron chi connectivity index (χ1n) is 5.53. The summed E-state index contributed by atoms with van der Waals surface area (Å²) in [4.78, 5) is 12.3. The predicted molar refractivity (Wildman–Crippen MR) is 77.0 cm³/mol. The van der Waals surface area contributed by atoms with E-state index in [0.29, 0.717) is 28.5 Å². The molecule has 98 valence electrons. The first kappa shape index (κ1) is 14.9. The average Bonchev–Trinajstić information content (AvgIpc) is 2.36. The van der Waals surface area contributed by atoms with Gasteiger partial charge in [0, 0.05) is 21.9 Å². The Bertz CT molecular complexity index is 460. The lowest BCUT2D eigenvalue weighted by Gasteiger charge is -2.04. The van der Waals surface area contributed by atoms with Crippen LogP contribution in [0.25, 0.3) is 0 Å². The molecule has 0 unspecified atom stereocenters. The third-order valence-corrected chi connectivity index (χ3v) is 3.78. The van der Waals surface area contributed by atoms with Gasteiger partial charge in [0.1, 0.15) is 0 Å². The number of hydrogen-bond donors (Lipinski definition) is 1. The second-order valence-electron chi connectivity index (χ2n) is 3.58. The minimum absolute atomic E-state index is 0.276. The van der Waals surface area contributed by atoms with Crippen molar-refractivity contribution in [2.24, 2.45) is 0 Å². The summed E-state index contributed by atoms with van der Waals surface area (Å²) >= 11 is 7.61. The molecule has 0 saturated carbocycles. The number of carbonyl (C=O) groups excluding carboxylic acids is 1.